The topological polar surface area (TPSA) is 30.7 Å². The second kappa shape index (κ2) is 5.48. The Balaban J connectivity index is 2.59. The average Bonchev–Trinajstić information content (AvgIpc) is 2.75. The van der Waals surface area contributed by atoms with Crippen LogP contribution in [0, 0.1) is 11.6 Å². The van der Waals surface area contributed by atoms with Gasteiger partial charge in [-0.25, -0.2) is 18.4 Å². The van der Waals surface area contributed by atoms with Gasteiger partial charge in [0.25, 0.3) is 0 Å². The predicted octanol–water partition coefficient (Wildman–Crippen LogP) is 3.77. The van der Waals surface area contributed by atoms with Crippen LogP contribution in [0.25, 0.3) is 0 Å². The number of nitrogens with zero attached hydrogens (tertiary/aromatic N) is 3. The summed E-state index contributed by atoms with van der Waals surface area (Å²) in [5.74, 6) is -1.03. The fourth-order valence-corrected chi connectivity index (χ4v) is 1.96. The Labute approximate surface area is 114 Å². The number of rotatable bonds is 3. The largest absolute Gasteiger partial charge is 0.225 e. The molecule has 0 saturated carbocycles. The van der Waals surface area contributed by atoms with Gasteiger partial charge in [-0.2, -0.15) is 5.10 Å². The third-order valence-electron chi connectivity index (χ3n) is 2.56. The van der Waals surface area contributed by atoms with Crippen molar-refractivity contribution < 1.29 is 8.78 Å². The summed E-state index contributed by atoms with van der Waals surface area (Å²) in [5.41, 5.74) is 1.09. The molecule has 0 fully saturated rings. The number of hydrogen-bond donors (Lipinski definition) is 0. The molecule has 1 atom stereocenters. The summed E-state index contributed by atoms with van der Waals surface area (Å²) in [4.78, 5) is 3.79. The molecular formula is C13H12ClF2N3. The van der Waals surface area contributed by atoms with Gasteiger partial charge in [-0.1, -0.05) is 11.6 Å². The van der Waals surface area contributed by atoms with Gasteiger partial charge in [-0.15, -0.1) is 0 Å². The van der Waals surface area contributed by atoms with E-state index in [2.05, 4.69) is 10.1 Å². The Morgan fingerprint density at radius 1 is 1.37 bits per heavy atom. The summed E-state index contributed by atoms with van der Waals surface area (Å²) in [7, 11) is 0. The average molecular weight is 284 g/mol. The van der Waals surface area contributed by atoms with Gasteiger partial charge in [0.05, 0.1) is 0 Å². The van der Waals surface area contributed by atoms with Gasteiger partial charge >= 0.3 is 0 Å². The Hall–Kier alpha value is -1.75. The molecule has 19 heavy (non-hydrogen) atoms. The summed E-state index contributed by atoms with van der Waals surface area (Å²) >= 11 is 5.90. The molecule has 100 valence electrons. The summed E-state index contributed by atoms with van der Waals surface area (Å²) in [6.07, 6.45) is 3.02. The van der Waals surface area contributed by atoms with Crippen molar-refractivity contribution in [2.75, 3.05) is 0 Å². The third kappa shape index (κ3) is 2.98. The van der Waals surface area contributed by atoms with E-state index in [4.69, 9.17) is 11.6 Å². The number of allylic oxidation sites excluding steroid dienone is 2. The van der Waals surface area contributed by atoms with E-state index >= 15 is 0 Å². The molecule has 0 spiro atoms. The molecule has 1 unspecified atom stereocenters. The van der Waals surface area contributed by atoms with E-state index in [0.29, 0.717) is 0 Å². The molecule has 1 heterocycles. The molecule has 0 N–H and O–H groups in total. The van der Waals surface area contributed by atoms with Gasteiger partial charge in [0.2, 0.25) is 5.28 Å². The van der Waals surface area contributed by atoms with Crippen LogP contribution in [-0.2, 0) is 0 Å². The first-order chi connectivity index (χ1) is 8.99. The van der Waals surface area contributed by atoms with E-state index in [1.54, 1.807) is 6.08 Å². The van der Waals surface area contributed by atoms with Crippen molar-refractivity contribution in [1.82, 2.24) is 14.8 Å². The minimum absolute atomic E-state index is 0.117. The first-order valence-electron chi connectivity index (χ1n) is 5.64. The van der Waals surface area contributed by atoms with Crippen molar-refractivity contribution >= 4 is 11.6 Å². The van der Waals surface area contributed by atoms with Crippen LogP contribution in [0.4, 0.5) is 8.78 Å². The fourth-order valence-electron chi connectivity index (χ4n) is 1.77. The Morgan fingerprint density at radius 2 is 2.11 bits per heavy atom. The van der Waals surface area contributed by atoms with Crippen molar-refractivity contribution in [3.63, 3.8) is 0 Å². The SMILES string of the molecule is CC(C)=CC(c1cc(F)ccc1F)n1ncnc1Cl. The van der Waals surface area contributed by atoms with Crippen molar-refractivity contribution in [2.24, 2.45) is 0 Å². The van der Waals surface area contributed by atoms with Crippen LogP contribution < -0.4 is 0 Å². The van der Waals surface area contributed by atoms with Crippen molar-refractivity contribution in [2.45, 2.75) is 19.9 Å². The highest BCUT2D eigenvalue weighted by Gasteiger charge is 2.19. The standard InChI is InChI=1S/C13H12ClF2N3/c1-8(2)5-12(19-13(14)17-7-18-19)10-6-9(15)3-4-11(10)16/h3-7,12H,1-2H3. The maximum atomic E-state index is 13.9. The molecular weight excluding hydrogens is 272 g/mol. The molecule has 0 aliphatic rings. The van der Waals surface area contributed by atoms with Gasteiger partial charge in [0, 0.05) is 5.56 Å². The van der Waals surface area contributed by atoms with E-state index in [-0.39, 0.29) is 10.8 Å². The molecule has 2 aromatic rings. The van der Waals surface area contributed by atoms with Crippen molar-refractivity contribution in [3.05, 3.63) is 58.7 Å². The zero-order valence-corrected chi connectivity index (χ0v) is 11.2. The molecule has 1 aromatic carbocycles. The highest BCUT2D eigenvalue weighted by atomic mass is 35.5. The molecule has 0 amide bonds. The maximum absolute atomic E-state index is 13.9. The first kappa shape index (κ1) is 13.7. The minimum atomic E-state index is -0.629. The van der Waals surface area contributed by atoms with E-state index in [9.17, 15) is 8.78 Å². The van der Waals surface area contributed by atoms with E-state index in [1.165, 1.54) is 11.0 Å². The fraction of sp³-hybridized carbons (Fsp3) is 0.231. The normalized spacial score (nSPS) is 12.3. The van der Waals surface area contributed by atoms with Crippen molar-refractivity contribution in [1.29, 1.82) is 0 Å². The van der Waals surface area contributed by atoms with E-state index in [1.807, 2.05) is 13.8 Å². The molecule has 1 aromatic heterocycles. The predicted molar refractivity (Wildman–Crippen MR) is 69.0 cm³/mol. The Morgan fingerprint density at radius 3 is 2.68 bits per heavy atom. The Kier molecular flexibility index (Phi) is 3.95. The van der Waals surface area contributed by atoms with Gasteiger partial charge < -0.3 is 0 Å². The number of aromatic nitrogens is 3. The second-order valence-corrected chi connectivity index (χ2v) is 4.67. The van der Waals surface area contributed by atoms with Crippen LogP contribution in [0.5, 0.6) is 0 Å². The zero-order chi connectivity index (χ0) is 14.0. The van der Waals surface area contributed by atoms with Gasteiger partial charge in [0.1, 0.15) is 24.0 Å². The third-order valence-corrected chi connectivity index (χ3v) is 2.83. The maximum Gasteiger partial charge on any atom is 0.221 e. The lowest BCUT2D eigenvalue weighted by Crippen LogP contribution is -2.12. The number of hydrogen-bond acceptors (Lipinski definition) is 2. The van der Waals surface area contributed by atoms with Crippen LogP contribution >= 0.6 is 11.6 Å². The minimum Gasteiger partial charge on any atom is -0.225 e. The molecule has 3 nitrogen and oxygen atoms in total. The summed E-state index contributed by atoms with van der Waals surface area (Å²) in [6, 6.07) is 2.66. The van der Waals surface area contributed by atoms with Crippen molar-refractivity contribution in [3.8, 4) is 0 Å². The molecule has 0 saturated heterocycles. The smallest absolute Gasteiger partial charge is 0.221 e. The molecule has 0 radical (unpaired) electrons. The Bertz CT molecular complexity index is 618. The molecule has 0 aliphatic heterocycles. The van der Waals surface area contributed by atoms with Crippen LogP contribution in [0.2, 0.25) is 5.28 Å². The molecule has 2 rings (SSSR count). The lowest BCUT2D eigenvalue weighted by atomic mass is 10.0. The lowest BCUT2D eigenvalue weighted by Gasteiger charge is -2.16. The molecule has 6 heteroatoms. The summed E-state index contributed by atoms with van der Waals surface area (Å²) < 4.78 is 28.6. The summed E-state index contributed by atoms with van der Waals surface area (Å²) in [5, 5.41) is 4.07. The molecule has 0 bridgehead atoms. The van der Waals surface area contributed by atoms with Gasteiger partial charge in [-0.3, -0.25) is 0 Å². The van der Waals surface area contributed by atoms with Crippen LogP contribution in [0.15, 0.2) is 36.2 Å². The quantitative estimate of drug-likeness (QED) is 0.803. The van der Waals surface area contributed by atoms with Gasteiger partial charge in [-0.05, 0) is 43.6 Å². The molecule has 0 aliphatic carbocycles. The van der Waals surface area contributed by atoms with Crippen LogP contribution in [-0.4, -0.2) is 14.8 Å². The zero-order valence-electron chi connectivity index (χ0n) is 10.4. The number of halogens is 3. The monoisotopic (exact) mass is 283 g/mol. The highest BCUT2D eigenvalue weighted by molar-refractivity contribution is 6.28. The van der Waals surface area contributed by atoms with Crippen LogP contribution in [0.3, 0.4) is 0 Å². The summed E-state index contributed by atoms with van der Waals surface area (Å²) in [6.45, 7) is 3.71. The highest BCUT2D eigenvalue weighted by Crippen LogP contribution is 2.26. The van der Waals surface area contributed by atoms with Crippen LogP contribution in [0.1, 0.15) is 25.5 Å². The van der Waals surface area contributed by atoms with E-state index in [0.717, 1.165) is 23.8 Å². The first-order valence-corrected chi connectivity index (χ1v) is 6.02. The van der Waals surface area contributed by atoms with E-state index < -0.39 is 17.7 Å². The second-order valence-electron chi connectivity index (χ2n) is 4.33. The van der Waals surface area contributed by atoms with Gasteiger partial charge in [0.15, 0.2) is 0 Å². The lowest BCUT2D eigenvalue weighted by molar-refractivity contribution is 0.537. The number of benzene rings is 1.